The summed E-state index contributed by atoms with van der Waals surface area (Å²) in [6.45, 7) is 4.74. The second kappa shape index (κ2) is 7.35. The molecule has 2 saturated carbocycles. The molecule has 1 radical (unpaired) electrons. The van der Waals surface area contributed by atoms with Gasteiger partial charge in [-0.05, 0) is 62.5 Å². The van der Waals surface area contributed by atoms with Crippen molar-refractivity contribution < 1.29 is 0 Å². The summed E-state index contributed by atoms with van der Waals surface area (Å²) in [7, 11) is 0. The Bertz CT molecular complexity index is 628. The van der Waals surface area contributed by atoms with E-state index in [1.807, 2.05) is 0 Å². The maximum Gasteiger partial charge on any atom is 0.139 e. The third kappa shape index (κ3) is 3.07. The molecule has 1 aromatic rings. The van der Waals surface area contributed by atoms with E-state index in [4.69, 9.17) is 0 Å². The molecule has 0 bridgehead atoms. The lowest BCUT2D eigenvalue weighted by atomic mass is 9.67. The van der Waals surface area contributed by atoms with Gasteiger partial charge in [-0.3, -0.25) is 4.90 Å². The van der Waals surface area contributed by atoms with Gasteiger partial charge in [0.2, 0.25) is 0 Å². The van der Waals surface area contributed by atoms with Crippen LogP contribution in [0.25, 0.3) is 0 Å². The summed E-state index contributed by atoms with van der Waals surface area (Å²) < 4.78 is 0. The lowest BCUT2D eigenvalue weighted by Gasteiger charge is -2.50. The maximum atomic E-state index is 4.01. The highest BCUT2D eigenvalue weighted by Crippen LogP contribution is 2.46. The zero-order chi connectivity index (χ0) is 17.5. The smallest absolute Gasteiger partial charge is 0.139 e. The van der Waals surface area contributed by atoms with Crippen LogP contribution in [-0.2, 0) is 0 Å². The summed E-state index contributed by atoms with van der Waals surface area (Å²) in [5.74, 6) is 1.88. The first-order chi connectivity index (χ1) is 12.8. The fourth-order valence-corrected chi connectivity index (χ4v) is 7.16. The average Bonchev–Trinajstić information content (AvgIpc) is 3.12. The van der Waals surface area contributed by atoms with Crippen molar-refractivity contribution in [3.8, 4) is 0 Å². The van der Waals surface area contributed by atoms with Gasteiger partial charge in [0.15, 0.2) is 0 Å². The number of halogens is 1. The fourth-order valence-electron chi connectivity index (χ4n) is 6.17. The Kier molecular flexibility index (Phi) is 4.91. The average molecular weight is 417 g/mol. The van der Waals surface area contributed by atoms with Crippen molar-refractivity contribution in [3.05, 3.63) is 30.9 Å². The van der Waals surface area contributed by atoms with E-state index in [-0.39, 0.29) is 0 Å². The first kappa shape index (κ1) is 17.4. The van der Waals surface area contributed by atoms with E-state index in [1.165, 1.54) is 75.8 Å². The van der Waals surface area contributed by atoms with Gasteiger partial charge in [-0.1, -0.05) is 40.9 Å². The van der Waals surface area contributed by atoms with Crippen LogP contribution in [0.5, 0.6) is 0 Å². The summed E-state index contributed by atoms with van der Waals surface area (Å²) in [6.07, 6.45) is 11.2. The van der Waals surface area contributed by atoms with Crippen LogP contribution in [0.15, 0.2) is 24.3 Å². The Morgan fingerprint density at radius 2 is 1.65 bits per heavy atom. The van der Waals surface area contributed by atoms with Crippen molar-refractivity contribution in [2.75, 3.05) is 23.3 Å². The van der Waals surface area contributed by atoms with Gasteiger partial charge in [0.1, 0.15) is 6.67 Å². The molecule has 1 saturated heterocycles. The first-order valence-electron chi connectivity index (χ1n) is 10.7. The van der Waals surface area contributed by atoms with Gasteiger partial charge in [0.25, 0.3) is 0 Å². The van der Waals surface area contributed by atoms with Crippen LogP contribution in [-0.4, -0.2) is 34.9 Å². The molecule has 4 atom stereocenters. The maximum absolute atomic E-state index is 4.01. The summed E-state index contributed by atoms with van der Waals surface area (Å²) in [5, 5.41) is 3.45. The fraction of sp³-hybridized carbons (Fsp3) is 0.682. The Morgan fingerprint density at radius 1 is 0.885 bits per heavy atom. The minimum atomic E-state index is 0.650. The molecule has 2 aliphatic carbocycles. The first-order valence-corrected chi connectivity index (χ1v) is 11.6. The molecule has 26 heavy (non-hydrogen) atoms. The number of rotatable bonds is 2. The molecule has 0 amide bonds. The Labute approximate surface area is 166 Å². The van der Waals surface area contributed by atoms with Gasteiger partial charge in [-0.15, -0.1) is 0 Å². The Balaban J connectivity index is 1.23. The van der Waals surface area contributed by atoms with E-state index in [9.17, 15) is 0 Å². The van der Waals surface area contributed by atoms with Crippen LogP contribution in [0.1, 0.15) is 51.4 Å². The lowest BCUT2D eigenvalue weighted by Crippen LogP contribution is -2.53. The van der Waals surface area contributed by atoms with E-state index < -0.39 is 0 Å². The monoisotopic (exact) mass is 416 g/mol. The highest BCUT2D eigenvalue weighted by molar-refractivity contribution is 9.09. The van der Waals surface area contributed by atoms with Crippen LogP contribution < -0.4 is 10.2 Å². The number of benzene rings is 1. The summed E-state index contributed by atoms with van der Waals surface area (Å²) in [5.41, 5.74) is 2.62. The number of piperidine rings is 1. The van der Waals surface area contributed by atoms with E-state index in [0.717, 1.165) is 22.7 Å². The number of anilines is 2. The van der Waals surface area contributed by atoms with E-state index in [2.05, 4.69) is 62.0 Å². The number of nitrogens with zero attached hydrogens (tertiary/aromatic N) is 2. The molecule has 0 spiro atoms. The third-order valence-corrected chi connectivity index (χ3v) is 8.60. The molecule has 4 unspecified atom stereocenters. The normalized spacial score (nSPS) is 35.7. The zero-order valence-corrected chi connectivity index (χ0v) is 17.2. The number of hydrogen-bond acceptors (Lipinski definition) is 3. The minimum absolute atomic E-state index is 0.650. The molecule has 5 rings (SSSR count). The van der Waals surface area contributed by atoms with Crippen molar-refractivity contribution in [3.63, 3.8) is 0 Å². The molecule has 2 aliphatic heterocycles. The van der Waals surface area contributed by atoms with Crippen molar-refractivity contribution in [2.45, 2.75) is 68.3 Å². The van der Waals surface area contributed by atoms with Crippen molar-refractivity contribution in [1.29, 1.82) is 0 Å². The standard InChI is InChI=1S/C22H31BrN3/c23-19-7-3-6-18-17(19)5-4-10-21(18)25-13-11-16(12-14-25)26-15-24-20-8-1-2-9-22(20)26/h1-2,8-9,15-19,21,24H,3-7,10-14H2. The van der Waals surface area contributed by atoms with Crippen molar-refractivity contribution >= 4 is 27.3 Å². The molecule has 3 nitrogen and oxygen atoms in total. The molecule has 3 fully saturated rings. The van der Waals surface area contributed by atoms with E-state index in [0.29, 0.717) is 6.04 Å². The van der Waals surface area contributed by atoms with Crippen LogP contribution in [0.3, 0.4) is 0 Å². The quantitative estimate of drug-likeness (QED) is 0.665. The highest BCUT2D eigenvalue weighted by Gasteiger charge is 2.42. The predicted octanol–water partition coefficient (Wildman–Crippen LogP) is 5.23. The van der Waals surface area contributed by atoms with Gasteiger partial charge in [-0.2, -0.15) is 0 Å². The number of likely N-dealkylation sites (tertiary alicyclic amines) is 1. The third-order valence-electron chi connectivity index (χ3n) is 7.47. The number of para-hydroxylation sites is 2. The van der Waals surface area contributed by atoms with Crippen molar-refractivity contribution in [1.82, 2.24) is 4.90 Å². The van der Waals surface area contributed by atoms with Crippen LogP contribution >= 0.6 is 15.9 Å². The SMILES string of the molecule is BrC1CCCC2C1CCCC2N1CCC(N2[CH]Nc3ccccc32)CC1. The molecule has 4 aliphatic rings. The van der Waals surface area contributed by atoms with Gasteiger partial charge < -0.3 is 10.2 Å². The number of nitrogens with one attached hydrogen (secondary N) is 1. The molecule has 1 aromatic carbocycles. The molecule has 0 aromatic heterocycles. The second-order valence-electron chi connectivity index (χ2n) is 8.74. The van der Waals surface area contributed by atoms with Crippen LogP contribution in [0, 0.1) is 18.5 Å². The van der Waals surface area contributed by atoms with Gasteiger partial charge in [0, 0.05) is 30.0 Å². The largest absolute Gasteiger partial charge is 0.360 e. The topological polar surface area (TPSA) is 18.5 Å². The molecular formula is C22H31BrN3. The van der Waals surface area contributed by atoms with Gasteiger partial charge in [-0.25, -0.2) is 0 Å². The number of hydrogen-bond donors (Lipinski definition) is 1. The zero-order valence-electron chi connectivity index (χ0n) is 15.6. The van der Waals surface area contributed by atoms with Crippen LogP contribution in [0.2, 0.25) is 0 Å². The highest BCUT2D eigenvalue weighted by atomic mass is 79.9. The Morgan fingerprint density at radius 3 is 2.54 bits per heavy atom. The summed E-state index contributed by atoms with van der Waals surface area (Å²) in [6, 6.07) is 10.2. The summed E-state index contributed by atoms with van der Waals surface area (Å²) in [4.78, 5) is 6.14. The molecule has 2 heterocycles. The molecule has 4 heteroatoms. The molecule has 1 N–H and O–H groups in total. The van der Waals surface area contributed by atoms with E-state index >= 15 is 0 Å². The molecule has 141 valence electrons. The number of fused-ring (bicyclic) bond motifs is 2. The summed E-state index contributed by atoms with van der Waals surface area (Å²) >= 11 is 4.01. The molecular weight excluding hydrogens is 386 g/mol. The van der Waals surface area contributed by atoms with Gasteiger partial charge in [0.05, 0.1) is 11.4 Å². The second-order valence-corrected chi connectivity index (χ2v) is 9.91. The van der Waals surface area contributed by atoms with Crippen LogP contribution in [0.4, 0.5) is 11.4 Å². The Hall–Kier alpha value is -0.740. The lowest BCUT2D eigenvalue weighted by molar-refractivity contribution is 0.0306. The minimum Gasteiger partial charge on any atom is -0.360 e. The van der Waals surface area contributed by atoms with E-state index in [1.54, 1.807) is 0 Å². The van der Waals surface area contributed by atoms with Crippen molar-refractivity contribution in [2.24, 2.45) is 11.8 Å². The van der Waals surface area contributed by atoms with Gasteiger partial charge >= 0.3 is 0 Å². The predicted molar refractivity (Wildman–Crippen MR) is 113 cm³/mol. The number of alkyl halides is 1.